The van der Waals surface area contributed by atoms with Crippen LogP contribution in [0.4, 0.5) is 18.9 Å². The minimum Gasteiger partial charge on any atom is -0.450 e. The molecule has 0 bridgehead atoms. The van der Waals surface area contributed by atoms with Crippen molar-refractivity contribution in [2.24, 2.45) is 5.10 Å². The lowest BCUT2D eigenvalue weighted by Crippen LogP contribution is -2.17. The summed E-state index contributed by atoms with van der Waals surface area (Å²) in [6.45, 7) is 3.76. The molecule has 200 valence electrons. The van der Waals surface area contributed by atoms with Crippen molar-refractivity contribution < 1.29 is 27.6 Å². The highest BCUT2D eigenvalue weighted by Crippen LogP contribution is 2.38. The first-order chi connectivity index (χ1) is 18.4. The number of hydrogen-bond donors (Lipinski definition) is 1. The summed E-state index contributed by atoms with van der Waals surface area (Å²) in [6, 6.07) is 17.4. The number of nitro benzene ring substituents is 1. The molecule has 0 unspecified atom stereocenters. The highest BCUT2D eigenvalue weighted by molar-refractivity contribution is 9.10. The van der Waals surface area contributed by atoms with Crippen LogP contribution in [0.25, 0.3) is 5.69 Å². The first kappa shape index (κ1) is 27.6. The third-order valence-electron chi connectivity index (χ3n) is 5.73. The Labute approximate surface area is 229 Å². The van der Waals surface area contributed by atoms with Crippen molar-refractivity contribution in [1.82, 2.24) is 9.99 Å². The molecule has 4 aromatic rings. The number of hydrazone groups is 1. The third-order valence-corrected chi connectivity index (χ3v) is 6.23. The van der Waals surface area contributed by atoms with E-state index in [0.717, 1.165) is 39.2 Å². The Morgan fingerprint density at radius 3 is 2.44 bits per heavy atom. The molecule has 3 aromatic carbocycles. The van der Waals surface area contributed by atoms with Crippen molar-refractivity contribution in [3.63, 3.8) is 0 Å². The molecule has 0 saturated heterocycles. The summed E-state index contributed by atoms with van der Waals surface area (Å²) in [5, 5.41) is 15.4. The van der Waals surface area contributed by atoms with E-state index in [4.69, 9.17) is 4.74 Å². The Balaban J connectivity index is 1.51. The molecule has 0 atom stereocenters. The van der Waals surface area contributed by atoms with E-state index in [1.165, 1.54) is 6.21 Å². The number of carbonyl (C=O) groups is 1. The molecule has 8 nitrogen and oxygen atoms in total. The zero-order valence-corrected chi connectivity index (χ0v) is 22.1. The first-order valence-corrected chi connectivity index (χ1v) is 12.1. The summed E-state index contributed by atoms with van der Waals surface area (Å²) in [7, 11) is 0. The molecule has 4 rings (SSSR count). The van der Waals surface area contributed by atoms with Crippen molar-refractivity contribution in [3.05, 3.63) is 115 Å². The SMILES string of the molecule is Cc1cc(/C=N\NC(=O)c2cccc(Br)c2)c(C)n1-c1ccc(Oc2ccc(C(F)(F)F)cc2[N+](=O)[O-])cc1. The number of carbonyl (C=O) groups excluding carboxylic acids is 1. The molecule has 0 fully saturated rings. The first-order valence-electron chi connectivity index (χ1n) is 11.4. The zero-order valence-electron chi connectivity index (χ0n) is 20.5. The van der Waals surface area contributed by atoms with Crippen LogP contribution in [0.3, 0.4) is 0 Å². The molecule has 0 aliphatic rings. The minimum absolute atomic E-state index is 0.209. The molecule has 1 heterocycles. The van der Waals surface area contributed by atoms with Gasteiger partial charge >= 0.3 is 11.9 Å². The van der Waals surface area contributed by atoms with E-state index >= 15 is 0 Å². The summed E-state index contributed by atoms with van der Waals surface area (Å²) in [6.07, 6.45) is -3.18. The summed E-state index contributed by atoms with van der Waals surface area (Å²) >= 11 is 3.32. The molecule has 0 spiro atoms. The summed E-state index contributed by atoms with van der Waals surface area (Å²) in [5.74, 6) is -0.455. The molecule has 1 amide bonds. The Morgan fingerprint density at radius 1 is 1.08 bits per heavy atom. The van der Waals surface area contributed by atoms with Crippen molar-refractivity contribution in [3.8, 4) is 17.2 Å². The van der Waals surface area contributed by atoms with Gasteiger partial charge in [0.15, 0.2) is 0 Å². The maximum Gasteiger partial charge on any atom is 0.416 e. The van der Waals surface area contributed by atoms with Gasteiger partial charge in [-0.25, -0.2) is 5.43 Å². The number of nitro groups is 1. The van der Waals surface area contributed by atoms with Crippen LogP contribution in [-0.2, 0) is 6.18 Å². The summed E-state index contributed by atoms with van der Waals surface area (Å²) in [5.41, 5.74) is 4.25. The Hall–Kier alpha value is -4.45. The topological polar surface area (TPSA) is 98.8 Å². The number of benzene rings is 3. The van der Waals surface area contributed by atoms with Crippen LogP contribution < -0.4 is 10.2 Å². The number of alkyl halides is 3. The van der Waals surface area contributed by atoms with E-state index in [1.54, 1.807) is 42.5 Å². The second-order valence-electron chi connectivity index (χ2n) is 8.40. The molecule has 39 heavy (non-hydrogen) atoms. The van der Waals surface area contributed by atoms with Gasteiger partial charge in [0.25, 0.3) is 5.91 Å². The van der Waals surface area contributed by atoms with Crippen molar-refractivity contribution in [2.45, 2.75) is 20.0 Å². The minimum atomic E-state index is -4.72. The standard InChI is InChI=1S/C27H20BrF3N4O4/c1-16-12-19(15-32-33-26(36)18-4-3-5-21(28)13-18)17(2)34(16)22-7-9-23(10-8-22)39-25-11-6-20(27(29,30)31)14-24(25)35(37)38/h3-15H,1-2H3,(H,33,36)/b32-15-. The maximum atomic E-state index is 13.0. The lowest BCUT2D eigenvalue weighted by Gasteiger charge is -2.12. The van der Waals surface area contributed by atoms with E-state index in [0.29, 0.717) is 11.6 Å². The van der Waals surface area contributed by atoms with Crippen molar-refractivity contribution in [2.75, 3.05) is 0 Å². The van der Waals surface area contributed by atoms with E-state index < -0.39 is 22.4 Å². The highest BCUT2D eigenvalue weighted by Gasteiger charge is 2.33. The fraction of sp³-hybridized carbons (Fsp3) is 0.111. The predicted octanol–water partition coefficient (Wildman–Crippen LogP) is 7.34. The fourth-order valence-electron chi connectivity index (χ4n) is 3.88. The lowest BCUT2D eigenvalue weighted by atomic mass is 10.2. The van der Waals surface area contributed by atoms with Gasteiger partial charge in [0.2, 0.25) is 5.75 Å². The van der Waals surface area contributed by atoms with Crippen molar-refractivity contribution in [1.29, 1.82) is 0 Å². The number of halogens is 4. The average Bonchev–Trinajstić information content (AvgIpc) is 3.16. The van der Waals surface area contributed by atoms with Gasteiger partial charge < -0.3 is 9.30 Å². The number of amides is 1. The monoisotopic (exact) mass is 600 g/mol. The number of aromatic nitrogens is 1. The number of nitrogens with zero attached hydrogens (tertiary/aromatic N) is 3. The molecule has 1 N–H and O–H groups in total. The van der Waals surface area contributed by atoms with Crippen LogP contribution >= 0.6 is 15.9 Å². The Bertz CT molecular complexity index is 1580. The van der Waals surface area contributed by atoms with Gasteiger partial charge in [0.05, 0.1) is 16.7 Å². The molecule has 0 aliphatic carbocycles. The Kier molecular flexibility index (Phi) is 7.86. The molecule has 1 aromatic heterocycles. The van der Waals surface area contributed by atoms with Gasteiger partial charge in [-0.3, -0.25) is 14.9 Å². The second kappa shape index (κ2) is 11.1. The number of ether oxygens (including phenoxy) is 1. The second-order valence-corrected chi connectivity index (χ2v) is 9.32. The average molecular weight is 601 g/mol. The van der Waals surface area contributed by atoms with Gasteiger partial charge in [-0.2, -0.15) is 18.3 Å². The lowest BCUT2D eigenvalue weighted by molar-refractivity contribution is -0.385. The van der Waals surface area contributed by atoms with Gasteiger partial charge in [0, 0.05) is 38.7 Å². The molecule has 0 aliphatic heterocycles. The van der Waals surface area contributed by atoms with Crippen LogP contribution in [0.2, 0.25) is 0 Å². The van der Waals surface area contributed by atoms with Gasteiger partial charge in [-0.05, 0) is 74.5 Å². The van der Waals surface area contributed by atoms with Gasteiger partial charge in [0.1, 0.15) is 5.75 Å². The smallest absolute Gasteiger partial charge is 0.416 e. The third kappa shape index (κ3) is 6.34. The normalized spacial score (nSPS) is 11.5. The van der Waals surface area contributed by atoms with Crippen LogP contribution in [-0.4, -0.2) is 21.6 Å². The Morgan fingerprint density at radius 2 is 1.79 bits per heavy atom. The van der Waals surface area contributed by atoms with Crippen LogP contribution in [0.1, 0.15) is 32.9 Å². The maximum absolute atomic E-state index is 13.0. The van der Waals surface area contributed by atoms with E-state index in [1.807, 2.05) is 30.5 Å². The number of aryl methyl sites for hydroxylation is 1. The predicted molar refractivity (Wildman–Crippen MR) is 143 cm³/mol. The van der Waals surface area contributed by atoms with E-state index in [9.17, 15) is 28.1 Å². The van der Waals surface area contributed by atoms with E-state index in [-0.39, 0.29) is 17.4 Å². The quantitative estimate of drug-likeness (QED) is 0.136. The summed E-state index contributed by atoms with van der Waals surface area (Å²) < 4.78 is 47.1. The zero-order chi connectivity index (χ0) is 28.3. The highest BCUT2D eigenvalue weighted by atomic mass is 79.9. The molecule has 0 saturated carbocycles. The number of rotatable bonds is 7. The van der Waals surface area contributed by atoms with E-state index in [2.05, 4.69) is 26.5 Å². The largest absolute Gasteiger partial charge is 0.450 e. The molecular formula is C27H20BrF3N4O4. The molecular weight excluding hydrogens is 581 g/mol. The van der Waals surface area contributed by atoms with Gasteiger partial charge in [-0.15, -0.1) is 0 Å². The van der Waals surface area contributed by atoms with Crippen LogP contribution in [0.5, 0.6) is 11.5 Å². The molecule has 12 heteroatoms. The summed E-state index contributed by atoms with van der Waals surface area (Å²) in [4.78, 5) is 22.7. The molecule has 0 radical (unpaired) electrons. The number of nitrogens with one attached hydrogen (secondary N) is 1. The van der Waals surface area contributed by atoms with Gasteiger partial charge in [-0.1, -0.05) is 22.0 Å². The van der Waals surface area contributed by atoms with Crippen LogP contribution in [0.15, 0.2) is 82.4 Å². The number of hydrogen-bond acceptors (Lipinski definition) is 5. The van der Waals surface area contributed by atoms with Crippen molar-refractivity contribution >= 4 is 33.7 Å². The fourth-order valence-corrected chi connectivity index (χ4v) is 4.28. The van der Waals surface area contributed by atoms with Crippen LogP contribution in [0, 0.1) is 24.0 Å².